The smallest absolute Gasteiger partial charge is 0.250 e. The standard InChI is InChI=1S/C9H11N5/c1-6-3-11-9(12-4-6)14-5-8(10)7(2)13-14/h3-5H,10H2,1-2H3. The summed E-state index contributed by atoms with van der Waals surface area (Å²) in [6.07, 6.45) is 5.20. The molecule has 2 aromatic heterocycles. The summed E-state index contributed by atoms with van der Waals surface area (Å²) in [6, 6.07) is 0. The highest BCUT2D eigenvalue weighted by atomic mass is 15.3. The number of nitrogen functional groups attached to an aromatic ring is 1. The summed E-state index contributed by atoms with van der Waals surface area (Å²) in [5.74, 6) is 0.537. The van der Waals surface area contributed by atoms with Crippen LogP contribution in [0.2, 0.25) is 0 Å². The minimum Gasteiger partial charge on any atom is -0.396 e. The fraction of sp³-hybridized carbons (Fsp3) is 0.222. The van der Waals surface area contributed by atoms with Gasteiger partial charge < -0.3 is 5.73 Å². The van der Waals surface area contributed by atoms with Gasteiger partial charge in [-0.15, -0.1) is 0 Å². The van der Waals surface area contributed by atoms with Crippen molar-refractivity contribution in [2.45, 2.75) is 13.8 Å². The lowest BCUT2D eigenvalue weighted by Gasteiger charge is -1.97. The summed E-state index contributed by atoms with van der Waals surface area (Å²) in [6.45, 7) is 3.78. The molecule has 14 heavy (non-hydrogen) atoms. The molecule has 0 radical (unpaired) electrons. The molecule has 0 saturated heterocycles. The van der Waals surface area contributed by atoms with Crippen LogP contribution in [0.25, 0.3) is 5.95 Å². The maximum Gasteiger partial charge on any atom is 0.250 e. The van der Waals surface area contributed by atoms with E-state index in [1.807, 2.05) is 13.8 Å². The first-order valence-electron chi connectivity index (χ1n) is 4.27. The second-order valence-electron chi connectivity index (χ2n) is 3.17. The lowest BCUT2D eigenvalue weighted by Crippen LogP contribution is -2.01. The molecule has 5 nitrogen and oxygen atoms in total. The van der Waals surface area contributed by atoms with Crippen molar-refractivity contribution >= 4 is 5.69 Å². The van der Waals surface area contributed by atoms with Crippen LogP contribution in [-0.2, 0) is 0 Å². The van der Waals surface area contributed by atoms with Crippen molar-refractivity contribution in [2.24, 2.45) is 0 Å². The second-order valence-corrected chi connectivity index (χ2v) is 3.17. The van der Waals surface area contributed by atoms with E-state index in [4.69, 9.17) is 5.73 Å². The molecular formula is C9H11N5. The number of hydrogen-bond donors (Lipinski definition) is 1. The number of hydrogen-bond acceptors (Lipinski definition) is 4. The first kappa shape index (κ1) is 8.68. The Morgan fingerprint density at radius 2 is 1.86 bits per heavy atom. The van der Waals surface area contributed by atoms with Gasteiger partial charge in [0.1, 0.15) is 0 Å². The molecule has 0 aliphatic heterocycles. The van der Waals surface area contributed by atoms with Crippen molar-refractivity contribution < 1.29 is 0 Å². The Kier molecular flexibility index (Phi) is 1.92. The monoisotopic (exact) mass is 189 g/mol. The predicted molar refractivity (Wildman–Crippen MR) is 53.0 cm³/mol. The first-order valence-corrected chi connectivity index (χ1v) is 4.27. The van der Waals surface area contributed by atoms with E-state index in [2.05, 4.69) is 15.1 Å². The maximum absolute atomic E-state index is 5.67. The Balaban J connectivity index is 2.44. The maximum atomic E-state index is 5.67. The SMILES string of the molecule is Cc1cnc(-n2cc(N)c(C)n2)nc1. The number of nitrogens with zero attached hydrogens (tertiary/aromatic N) is 4. The van der Waals surface area contributed by atoms with Crippen LogP contribution >= 0.6 is 0 Å². The Labute approximate surface area is 81.6 Å². The second kappa shape index (κ2) is 3.10. The molecule has 0 aliphatic rings. The van der Waals surface area contributed by atoms with Gasteiger partial charge in [0, 0.05) is 12.4 Å². The molecule has 0 fully saturated rings. The van der Waals surface area contributed by atoms with E-state index in [0.717, 1.165) is 11.3 Å². The first-order chi connectivity index (χ1) is 6.66. The average Bonchev–Trinajstić information content (AvgIpc) is 2.48. The number of anilines is 1. The van der Waals surface area contributed by atoms with Gasteiger partial charge in [0.25, 0.3) is 5.95 Å². The number of aryl methyl sites for hydroxylation is 2. The molecule has 2 aromatic rings. The predicted octanol–water partition coefficient (Wildman–Crippen LogP) is 0.861. The van der Waals surface area contributed by atoms with Gasteiger partial charge in [0.15, 0.2) is 0 Å². The third kappa shape index (κ3) is 1.44. The van der Waals surface area contributed by atoms with Crippen LogP contribution in [0.15, 0.2) is 18.6 Å². The van der Waals surface area contributed by atoms with E-state index >= 15 is 0 Å². The Bertz CT molecular complexity index is 423. The van der Waals surface area contributed by atoms with Crippen molar-refractivity contribution in [3.05, 3.63) is 29.8 Å². The molecule has 5 heteroatoms. The largest absolute Gasteiger partial charge is 0.396 e. The van der Waals surface area contributed by atoms with E-state index in [-0.39, 0.29) is 0 Å². The van der Waals surface area contributed by atoms with Crippen molar-refractivity contribution in [3.8, 4) is 5.95 Å². The topological polar surface area (TPSA) is 69.6 Å². The van der Waals surface area contributed by atoms with E-state index in [1.165, 1.54) is 0 Å². The normalized spacial score (nSPS) is 10.4. The molecule has 2 heterocycles. The van der Waals surface area contributed by atoms with Crippen molar-refractivity contribution in [2.75, 3.05) is 5.73 Å². The van der Waals surface area contributed by atoms with Gasteiger partial charge in [0.2, 0.25) is 0 Å². The molecule has 0 saturated carbocycles. The summed E-state index contributed by atoms with van der Waals surface area (Å²) in [5.41, 5.74) is 8.12. The van der Waals surface area contributed by atoms with Crippen molar-refractivity contribution in [3.63, 3.8) is 0 Å². The van der Waals surface area contributed by atoms with Crippen molar-refractivity contribution in [1.82, 2.24) is 19.7 Å². The van der Waals surface area contributed by atoms with Crippen molar-refractivity contribution in [1.29, 1.82) is 0 Å². The van der Waals surface area contributed by atoms with Gasteiger partial charge >= 0.3 is 0 Å². The van der Waals surface area contributed by atoms with Crippen LogP contribution < -0.4 is 5.73 Å². The highest BCUT2D eigenvalue weighted by Gasteiger charge is 2.04. The number of rotatable bonds is 1. The minimum absolute atomic E-state index is 0.537. The van der Waals surface area contributed by atoms with Gasteiger partial charge in [-0.3, -0.25) is 0 Å². The van der Waals surface area contributed by atoms with Crippen LogP contribution in [0.5, 0.6) is 0 Å². The Hall–Kier alpha value is -1.91. The summed E-state index contributed by atoms with van der Waals surface area (Å²) in [4.78, 5) is 8.27. The summed E-state index contributed by atoms with van der Waals surface area (Å²) >= 11 is 0. The molecule has 0 spiro atoms. The lowest BCUT2D eigenvalue weighted by molar-refractivity contribution is 0.794. The average molecular weight is 189 g/mol. The van der Waals surface area contributed by atoms with Crippen LogP contribution in [0.4, 0.5) is 5.69 Å². The minimum atomic E-state index is 0.537. The third-order valence-corrected chi connectivity index (χ3v) is 1.91. The molecule has 0 unspecified atom stereocenters. The molecule has 2 N–H and O–H groups in total. The highest BCUT2D eigenvalue weighted by Crippen LogP contribution is 2.09. The zero-order valence-corrected chi connectivity index (χ0v) is 8.10. The van der Waals surface area contributed by atoms with Crippen LogP contribution in [0, 0.1) is 13.8 Å². The molecular weight excluding hydrogens is 178 g/mol. The van der Waals surface area contributed by atoms with Crippen LogP contribution in [-0.4, -0.2) is 19.7 Å². The number of aromatic nitrogens is 4. The van der Waals surface area contributed by atoms with E-state index in [1.54, 1.807) is 23.3 Å². The Morgan fingerprint density at radius 1 is 1.21 bits per heavy atom. The number of nitrogens with two attached hydrogens (primary N) is 1. The lowest BCUT2D eigenvalue weighted by atomic mass is 10.4. The van der Waals surface area contributed by atoms with Gasteiger partial charge in [-0.05, 0) is 19.4 Å². The summed E-state index contributed by atoms with van der Waals surface area (Å²) in [5, 5.41) is 4.18. The molecule has 0 aliphatic carbocycles. The molecule has 0 aromatic carbocycles. The van der Waals surface area contributed by atoms with Crippen LogP contribution in [0.1, 0.15) is 11.3 Å². The van der Waals surface area contributed by atoms with Gasteiger partial charge in [0.05, 0.1) is 17.6 Å². The summed E-state index contributed by atoms with van der Waals surface area (Å²) < 4.78 is 1.57. The zero-order chi connectivity index (χ0) is 10.1. The third-order valence-electron chi connectivity index (χ3n) is 1.91. The van der Waals surface area contributed by atoms with Gasteiger partial charge in [-0.1, -0.05) is 0 Å². The quantitative estimate of drug-likeness (QED) is 0.722. The highest BCUT2D eigenvalue weighted by molar-refractivity contribution is 5.41. The van der Waals surface area contributed by atoms with Gasteiger partial charge in [-0.2, -0.15) is 5.10 Å². The molecule has 0 bridgehead atoms. The molecule has 0 amide bonds. The van der Waals surface area contributed by atoms with E-state index in [0.29, 0.717) is 11.6 Å². The fourth-order valence-electron chi connectivity index (χ4n) is 1.08. The molecule has 0 atom stereocenters. The molecule has 72 valence electrons. The van der Waals surface area contributed by atoms with Gasteiger partial charge in [-0.25, -0.2) is 14.6 Å². The van der Waals surface area contributed by atoms with Crippen LogP contribution in [0.3, 0.4) is 0 Å². The summed E-state index contributed by atoms with van der Waals surface area (Å²) in [7, 11) is 0. The molecule has 2 rings (SSSR count). The van der Waals surface area contributed by atoms with E-state index in [9.17, 15) is 0 Å². The zero-order valence-electron chi connectivity index (χ0n) is 8.10. The Morgan fingerprint density at radius 3 is 2.36 bits per heavy atom. The fourth-order valence-corrected chi connectivity index (χ4v) is 1.08. The van der Waals surface area contributed by atoms with E-state index < -0.39 is 0 Å².